The van der Waals surface area contributed by atoms with Crippen molar-refractivity contribution in [3.63, 3.8) is 0 Å². The molecule has 0 aliphatic heterocycles. The van der Waals surface area contributed by atoms with Crippen LogP contribution in [0, 0.1) is 39.0 Å². The Hall–Kier alpha value is -3.51. The van der Waals surface area contributed by atoms with E-state index in [-0.39, 0.29) is 6.54 Å². The van der Waals surface area contributed by atoms with Crippen LogP contribution in [0.3, 0.4) is 0 Å². The van der Waals surface area contributed by atoms with Gasteiger partial charge in [-0.25, -0.2) is 4.79 Å². The lowest BCUT2D eigenvalue weighted by atomic mass is 9.93. The van der Waals surface area contributed by atoms with Gasteiger partial charge in [0.1, 0.15) is 24.2 Å². The van der Waals surface area contributed by atoms with Gasteiger partial charge in [-0.2, -0.15) is 17.0 Å². The van der Waals surface area contributed by atoms with Gasteiger partial charge in [0.05, 0.1) is 6.07 Å². The molecule has 0 saturated heterocycles. The van der Waals surface area contributed by atoms with Gasteiger partial charge in [0, 0.05) is 5.69 Å². The summed E-state index contributed by atoms with van der Waals surface area (Å²) in [5.41, 5.74) is 3.94. The molecule has 2 atom stereocenters. The molecular weight excluding hydrogens is 512 g/mol. The number of thioether (sulfide) groups is 1. The number of nitriles is 1. The summed E-state index contributed by atoms with van der Waals surface area (Å²) in [4.78, 5) is 42.1. The lowest BCUT2D eigenvalue weighted by Gasteiger charge is -2.34. The number of nitrogens with one attached hydrogen (secondary N) is 2. The van der Waals surface area contributed by atoms with Crippen LogP contribution < -0.4 is 10.6 Å². The number of hydrogen-bond acceptors (Lipinski definition) is 6. The largest absolute Gasteiger partial charge is 0.444 e. The third kappa shape index (κ3) is 8.75. The summed E-state index contributed by atoms with van der Waals surface area (Å²) in [6.07, 6.45) is 1.47. The molecule has 0 saturated carbocycles. The van der Waals surface area contributed by atoms with Crippen molar-refractivity contribution < 1.29 is 19.1 Å². The van der Waals surface area contributed by atoms with Gasteiger partial charge < -0.3 is 20.3 Å². The molecular formula is C30H40N4O4S. The Labute approximate surface area is 236 Å². The molecule has 8 nitrogen and oxygen atoms in total. The molecule has 2 unspecified atom stereocenters. The van der Waals surface area contributed by atoms with Gasteiger partial charge >= 0.3 is 6.09 Å². The summed E-state index contributed by atoms with van der Waals surface area (Å²) >= 11 is 1.53. The van der Waals surface area contributed by atoms with Gasteiger partial charge in [0.15, 0.2) is 0 Å². The number of carbonyl (C=O) groups excluding carboxylic acids is 3. The topological polar surface area (TPSA) is 112 Å². The SMILES string of the molecule is CSCCC(NC(=O)OC(C)(C)C)C(=O)N(CC#N)C(C(=O)Nc1c(C)cccc1C)c1c(C)cccc1C. The predicted molar refractivity (Wildman–Crippen MR) is 157 cm³/mol. The Morgan fingerprint density at radius 3 is 2.03 bits per heavy atom. The maximum atomic E-state index is 14.1. The second-order valence-corrected chi connectivity index (χ2v) is 11.6. The number of hydrogen-bond donors (Lipinski definition) is 2. The van der Waals surface area contributed by atoms with E-state index in [1.165, 1.54) is 16.7 Å². The zero-order chi connectivity index (χ0) is 29.3. The van der Waals surface area contributed by atoms with E-state index in [4.69, 9.17) is 4.74 Å². The number of ether oxygens (including phenoxy) is 1. The Morgan fingerprint density at radius 1 is 1.00 bits per heavy atom. The number of amides is 3. The third-order valence-electron chi connectivity index (χ3n) is 6.23. The van der Waals surface area contributed by atoms with Gasteiger partial charge in [0.25, 0.3) is 5.91 Å². The molecule has 2 N–H and O–H groups in total. The van der Waals surface area contributed by atoms with Crippen LogP contribution >= 0.6 is 11.8 Å². The number of nitrogens with zero attached hydrogens (tertiary/aromatic N) is 2. The van der Waals surface area contributed by atoms with Crippen molar-refractivity contribution >= 4 is 35.4 Å². The highest BCUT2D eigenvalue weighted by molar-refractivity contribution is 7.98. The molecule has 0 aromatic heterocycles. The lowest BCUT2D eigenvalue weighted by Crippen LogP contribution is -2.53. The molecule has 0 bridgehead atoms. The summed E-state index contributed by atoms with van der Waals surface area (Å²) < 4.78 is 5.40. The molecule has 0 heterocycles. The molecule has 0 fully saturated rings. The first-order valence-electron chi connectivity index (χ1n) is 12.9. The van der Waals surface area contributed by atoms with Crippen LogP contribution in [0.2, 0.25) is 0 Å². The number of anilines is 1. The normalized spacial score (nSPS) is 12.6. The Kier molecular flexibility index (Phi) is 11.4. The van der Waals surface area contributed by atoms with Crippen molar-refractivity contribution in [1.29, 1.82) is 5.26 Å². The quantitative estimate of drug-likeness (QED) is 0.371. The van der Waals surface area contributed by atoms with Crippen molar-refractivity contribution in [3.8, 4) is 6.07 Å². The Balaban J connectivity index is 2.61. The summed E-state index contributed by atoms with van der Waals surface area (Å²) in [6.45, 7) is 12.4. The molecule has 0 spiro atoms. The highest BCUT2D eigenvalue weighted by atomic mass is 32.2. The van der Waals surface area contributed by atoms with E-state index < -0.39 is 35.6 Å². The summed E-state index contributed by atoms with van der Waals surface area (Å²) in [6, 6.07) is 11.3. The molecule has 0 radical (unpaired) electrons. The second kappa shape index (κ2) is 14.0. The number of para-hydroxylation sites is 1. The Bertz CT molecular complexity index is 1190. The maximum absolute atomic E-state index is 14.1. The van der Waals surface area contributed by atoms with E-state index in [0.29, 0.717) is 23.4 Å². The number of benzene rings is 2. The molecule has 0 aliphatic rings. The summed E-state index contributed by atoms with van der Waals surface area (Å²) in [7, 11) is 0. The lowest BCUT2D eigenvalue weighted by molar-refractivity contribution is -0.140. The van der Waals surface area contributed by atoms with Crippen LogP contribution in [0.4, 0.5) is 10.5 Å². The predicted octanol–water partition coefficient (Wildman–Crippen LogP) is 5.60. The van der Waals surface area contributed by atoms with Gasteiger partial charge in [-0.3, -0.25) is 9.59 Å². The Morgan fingerprint density at radius 2 is 1.54 bits per heavy atom. The molecule has 0 aliphatic carbocycles. The van der Waals surface area contributed by atoms with Crippen LogP contribution in [0.25, 0.3) is 0 Å². The van der Waals surface area contributed by atoms with Crippen LogP contribution in [0.1, 0.15) is 61.1 Å². The van der Waals surface area contributed by atoms with E-state index >= 15 is 0 Å². The van der Waals surface area contributed by atoms with Crippen LogP contribution in [-0.2, 0) is 14.3 Å². The van der Waals surface area contributed by atoms with Crippen molar-refractivity contribution in [1.82, 2.24) is 10.2 Å². The minimum atomic E-state index is -1.10. The first-order valence-corrected chi connectivity index (χ1v) is 14.3. The minimum Gasteiger partial charge on any atom is -0.444 e. The molecule has 2 aromatic rings. The van der Waals surface area contributed by atoms with E-state index in [1.54, 1.807) is 20.8 Å². The number of alkyl carbamates (subject to hydrolysis) is 1. The van der Waals surface area contributed by atoms with Gasteiger partial charge in [-0.05, 0) is 94.7 Å². The smallest absolute Gasteiger partial charge is 0.408 e. The number of rotatable bonds is 10. The van der Waals surface area contributed by atoms with E-state index in [9.17, 15) is 19.6 Å². The van der Waals surface area contributed by atoms with Gasteiger partial charge in [-0.15, -0.1) is 0 Å². The molecule has 210 valence electrons. The highest BCUT2D eigenvalue weighted by Gasteiger charge is 2.37. The van der Waals surface area contributed by atoms with Crippen LogP contribution in [-0.4, -0.2) is 53.0 Å². The maximum Gasteiger partial charge on any atom is 0.408 e. The molecule has 39 heavy (non-hydrogen) atoms. The van der Waals surface area contributed by atoms with Crippen LogP contribution in [0.15, 0.2) is 36.4 Å². The van der Waals surface area contributed by atoms with Crippen LogP contribution in [0.5, 0.6) is 0 Å². The molecule has 9 heteroatoms. The fourth-order valence-electron chi connectivity index (χ4n) is 4.41. The first kappa shape index (κ1) is 31.7. The molecule has 3 amide bonds. The molecule has 2 rings (SSSR count). The fourth-order valence-corrected chi connectivity index (χ4v) is 4.88. The van der Waals surface area contributed by atoms with Gasteiger partial charge in [0.2, 0.25) is 5.91 Å². The third-order valence-corrected chi connectivity index (χ3v) is 6.87. The fraction of sp³-hybridized carbons (Fsp3) is 0.467. The standard InChI is InChI=1S/C30H40N4O4S/c1-19-11-9-12-20(2)24(19)26(27(35)33-25-21(3)13-10-14-22(25)4)34(17-16-31)28(36)23(15-18-39-8)32-29(37)38-30(5,6)7/h9-14,23,26H,15,17-18H2,1-8H3,(H,32,37)(H,33,35). The summed E-state index contributed by atoms with van der Waals surface area (Å²) in [5.74, 6) is -0.384. The zero-order valence-electron chi connectivity index (χ0n) is 24.2. The first-order chi connectivity index (χ1) is 18.3. The number of carbonyl (C=O) groups is 3. The average molecular weight is 553 g/mol. The van der Waals surface area contributed by atoms with E-state index in [1.807, 2.05) is 70.3 Å². The monoisotopic (exact) mass is 552 g/mol. The van der Waals surface area contributed by atoms with Crippen molar-refractivity contribution in [2.45, 2.75) is 72.6 Å². The average Bonchev–Trinajstić information content (AvgIpc) is 2.83. The molecule has 2 aromatic carbocycles. The van der Waals surface area contributed by atoms with Crippen molar-refractivity contribution in [3.05, 3.63) is 64.2 Å². The van der Waals surface area contributed by atoms with Gasteiger partial charge in [-0.1, -0.05) is 36.4 Å². The second-order valence-electron chi connectivity index (χ2n) is 10.6. The van der Waals surface area contributed by atoms with Crippen molar-refractivity contribution in [2.24, 2.45) is 0 Å². The van der Waals surface area contributed by atoms with E-state index in [0.717, 1.165) is 22.3 Å². The van der Waals surface area contributed by atoms with E-state index in [2.05, 4.69) is 16.7 Å². The summed E-state index contributed by atoms with van der Waals surface area (Å²) in [5, 5.41) is 15.5. The highest BCUT2D eigenvalue weighted by Crippen LogP contribution is 2.31. The van der Waals surface area contributed by atoms with Crippen molar-refractivity contribution in [2.75, 3.05) is 23.9 Å². The number of aryl methyl sites for hydroxylation is 4. The minimum absolute atomic E-state index is 0.305. The zero-order valence-corrected chi connectivity index (χ0v) is 25.0.